The highest BCUT2D eigenvalue weighted by Gasteiger charge is 2.29. The summed E-state index contributed by atoms with van der Waals surface area (Å²) in [5.74, 6) is -0.164. The number of hydrogen-bond acceptors (Lipinski definition) is 5. The fourth-order valence-electron chi connectivity index (χ4n) is 2.99. The Balaban J connectivity index is 1.56. The Morgan fingerprint density at radius 1 is 1.35 bits per heavy atom. The van der Waals surface area contributed by atoms with Gasteiger partial charge in [-0.05, 0) is 19.4 Å². The highest BCUT2D eigenvalue weighted by molar-refractivity contribution is 6.04. The van der Waals surface area contributed by atoms with E-state index in [4.69, 9.17) is 9.57 Å². The molecule has 0 fully saturated rings. The van der Waals surface area contributed by atoms with Crippen LogP contribution in [-0.2, 0) is 27.5 Å². The molecule has 1 aliphatic rings. The van der Waals surface area contributed by atoms with Gasteiger partial charge in [0.15, 0.2) is 0 Å². The van der Waals surface area contributed by atoms with E-state index in [-0.39, 0.29) is 5.91 Å². The van der Waals surface area contributed by atoms with E-state index < -0.39 is 6.10 Å². The van der Waals surface area contributed by atoms with Gasteiger partial charge in [0.25, 0.3) is 5.91 Å². The van der Waals surface area contributed by atoms with Crippen molar-refractivity contribution < 1.29 is 14.4 Å². The third kappa shape index (κ3) is 3.94. The summed E-state index contributed by atoms with van der Waals surface area (Å²) >= 11 is 0. The summed E-state index contributed by atoms with van der Waals surface area (Å²) in [5.41, 5.74) is 4.75. The van der Waals surface area contributed by atoms with Crippen molar-refractivity contribution >= 4 is 11.6 Å². The van der Waals surface area contributed by atoms with E-state index in [1.54, 1.807) is 7.11 Å². The molecule has 0 bridgehead atoms. The number of aryl methyl sites for hydroxylation is 1. The van der Waals surface area contributed by atoms with Gasteiger partial charge in [0.1, 0.15) is 0 Å². The summed E-state index contributed by atoms with van der Waals surface area (Å²) in [7, 11) is 1.67. The van der Waals surface area contributed by atoms with Crippen LogP contribution in [0.5, 0.6) is 0 Å². The van der Waals surface area contributed by atoms with E-state index in [9.17, 15) is 4.79 Å². The lowest BCUT2D eigenvalue weighted by Gasteiger charge is -2.10. The van der Waals surface area contributed by atoms with Gasteiger partial charge >= 0.3 is 0 Å². The van der Waals surface area contributed by atoms with E-state index in [1.165, 1.54) is 0 Å². The van der Waals surface area contributed by atoms with Crippen LogP contribution in [0.2, 0.25) is 0 Å². The Labute approximate surface area is 153 Å². The second-order valence-electron chi connectivity index (χ2n) is 6.29. The van der Waals surface area contributed by atoms with E-state index in [0.717, 1.165) is 28.2 Å². The molecular weight excluding hydrogens is 332 g/mol. The maximum Gasteiger partial charge on any atom is 0.264 e. The monoisotopic (exact) mass is 356 g/mol. The minimum absolute atomic E-state index is 0.164. The van der Waals surface area contributed by atoms with Crippen LogP contribution < -0.4 is 5.32 Å². The second-order valence-corrected chi connectivity index (χ2v) is 6.29. The SMILES string of the molecule is COCCn1nc(C)c(CNC(=O)[C@H]2CC(c3ccccc3)=NO2)c1C. The number of aromatic nitrogens is 2. The van der Waals surface area contributed by atoms with Crippen LogP contribution in [0.1, 0.15) is 28.9 Å². The van der Waals surface area contributed by atoms with Crippen LogP contribution in [0.3, 0.4) is 0 Å². The number of nitrogens with zero attached hydrogens (tertiary/aromatic N) is 3. The number of benzene rings is 1. The Kier molecular flexibility index (Phi) is 5.68. The van der Waals surface area contributed by atoms with Crippen LogP contribution in [0.15, 0.2) is 35.5 Å². The van der Waals surface area contributed by atoms with Crippen LogP contribution in [-0.4, -0.2) is 41.2 Å². The highest BCUT2D eigenvalue weighted by Crippen LogP contribution is 2.17. The van der Waals surface area contributed by atoms with Gasteiger partial charge in [0.2, 0.25) is 6.10 Å². The number of carbonyl (C=O) groups excluding carboxylic acids is 1. The molecule has 0 saturated heterocycles. The van der Waals surface area contributed by atoms with Crippen molar-refractivity contribution in [1.82, 2.24) is 15.1 Å². The van der Waals surface area contributed by atoms with Crippen molar-refractivity contribution in [2.24, 2.45) is 5.16 Å². The first-order chi connectivity index (χ1) is 12.6. The van der Waals surface area contributed by atoms with Crippen LogP contribution in [0.4, 0.5) is 0 Å². The summed E-state index contributed by atoms with van der Waals surface area (Å²) < 4.78 is 7.01. The molecule has 138 valence electrons. The van der Waals surface area contributed by atoms with Crippen molar-refractivity contribution in [3.05, 3.63) is 52.8 Å². The zero-order valence-electron chi connectivity index (χ0n) is 15.4. The Morgan fingerprint density at radius 2 is 2.12 bits per heavy atom. The van der Waals surface area contributed by atoms with Gasteiger partial charge in [-0.2, -0.15) is 5.10 Å². The Bertz CT molecular complexity index is 799. The van der Waals surface area contributed by atoms with Crippen LogP contribution in [0, 0.1) is 13.8 Å². The Morgan fingerprint density at radius 3 is 2.85 bits per heavy atom. The van der Waals surface area contributed by atoms with Crippen molar-refractivity contribution in [3.63, 3.8) is 0 Å². The van der Waals surface area contributed by atoms with Crippen LogP contribution in [0.25, 0.3) is 0 Å². The van der Waals surface area contributed by atoms with Gasteiger partial charge in [-0.3, -0.25) is 9.48 Å². The fourth-order valence-corrected chi connectivity index (χ4v) is 2.99. The maximum absolute atomic E-state index is 12.4. The van der Waals surface area contributed by atoms with Crippen molar-refractivity contribution in [2.75, 3.05) is 13.7 Å². The summed E-state index contributed by atoms with van der Waals surface area (Å²) in [6.07, 6.45) is -0.115. The summed E-state index contributed by atoms with van der Waals surface area (Å²) in [6, 6.07) is 9.75. The van der Waals surface area contributed by atoms with Crippen molar-refractivity contribution in [1.29, 1.82) is 0 Å². The molecule has 0 unspecified atom stereocenters. The molecule has 2 heterocycles. The minimum Gasteiger partial charge on any atom is -0.383 e. The van der Waals surface area contributed by atoms with Gasteiger partial charge in [0, 0.05) is 31.3 Å². The average molecular weight is 356 g/mol. The maximum atomic E-state index is 12.4. The standard InChI is InChI=1S/C19H24N4O3/c1-13-16(14(2)23(21-13)9-10-25-3)12-20-19(24)18-11-17(22-26-18)15-7-5-4-6-8-15/h4-8,18H,9-12H2,1-3H3,(H,20,24)/t18-/m1/s1. The summed E-state index contributed by atoms with van der Waals surface area (Å²) in [4.78, 5) is 17.8. The number of methoxy groups -OCH3 is 1. The molecule has 0 radical (unpaired) electrons. The number of carbonyl (C=O) groups is 1. The molecule has 7 heteroatoms. The zero-order valence-corrected chi connectivity index (χ0v) is 15.4. The number of hydrogen-bond donors (Lipinski definition) is 1. The molecule has 1 N–H and O–H groups in total. The first-order valence-electron chi connectivity index (χ1n) is 8.67. The molecule has 1 atom stereocenters. The molecule has 2 aromatic rings. The number of amides is 1. The van der Waals surface area contributed by atoms with Gasteiger partial charge in [-0.15, -0.1) is 0 Å². The van der Waals surface area contributed by atoms with E-state index >= 15 is 0 Å². The highest BCUT2D eigenvalue weighted by atomic mass is 16.6. The van der Waals surface area contributed by atoms with Gasteiger partial charge in [0.05, 0.1) is 24.6 Å². The molecule has 0 saturated carbocycles. The molecule has 26 heavy (non-hydrogen) atoms. The molecule has 0 spiro atoms. The predicted octanol–water partition coefficient (Wildman–Crippen LogP) is 1.96. The van der Waals surface area contributed by atoms with E-state index in [1.807, 2.05) is 48.9 Å². The smallest absolute Gasteiger partial charge is 0.264 e. The fraction of sp³-hybridized carbons (Fsp3) is 0.421. The lowest BCUT2D eigenvalue weighted by atomic mass is 10.0. The first kappa shape index (κ1) is 18.1. The molecule has 1 aliphatic heterocycles. The normalized spacial score (nSPS) is 16.3. The molecular formula is C19H24N4O3. The number of nitrogens with one attached hydrogen (secondary N) is 1. The molecule has 1 amide bonds. The molecule has 7 nitrogen and oxygen atoms in total. The van der Waals surface area contributed by atoms with E-state index in [0.29, 0.717) is 26.1 Å². The molecule has 1 aromatic carbocycles. The molecule has 3 rings (SSSR count). The van der Waals surface area contributed by atoms with Gasteiger partial charge in [-0.25, -0.2) is 0 Å². The topological polar surface area (TPSA) is 77.7 Å². The zero-order chi connectivity index (χ0) is 18.5. The number of ether oxygens (including phenoxy) is 1. The minimum atomic E-state index is -0.589. The molecule has 0 aliphatic carbocycles. The summed E-state index contributed by atoms with van der Waals surface area (Å²) in [6.45, 7) is 5.66. The number of rotatable bonds is 7. The van der Waals surface area contributed by atoms with Crippen molar-refractivity contribution in [2.45, 2.75) is 39.5 Å². The van der Waals surface area contributed by atoms with Crippen molar-refractivity contribution in [3.8, 4) is 0 Å². The van der Waals surface area contributed by atoms with Crippen LogP contribution >= 0.6 is 0 Å². The second kappa shape index (κ2) is 8.14. The number of oxime groups is 1. The third-order valence-corrected chi connectivity index (χ3v) is 4.55. The largest absolute Gasteiger partial charge is 0.383 e. The summed E-state index contributed by atoms with van der Waals surface area (Å²) in [5, 5.41) is 11.5. The quantitative estimate of drug-likeness (QED) is 0.823. The predicted molar refractivity (Wildman–Crippen MR) is 97.9 cm³/mol. The van der Waals surface area contributed by atoms with E-state index in [2.05, 4.69) is 15.6 Å². The Hall–Kier alpha value is -2.67. The van der Waals surface area contributed by atoms with Gasteiger partial charge < -0.3 is 14.9 Å². The average Bonchev–Trinajstić information content (AvgIpc) is 3.25. The third-order valence-electron chi connectivity index (χ3n) is 4.55. The lowest BCUT2D eigenvalue weighted by molar-refractivity contribution is -0.131. The molecule has 1 aromatic heterocycles. The first-order valence-corrected chi connectivity index (χ1v) is 8.67. The van der Waals surface area contributed by atoms with Gasteiger partial charge in [-0.1, -0.05) is 35.5 Å². The lowest BCUT2D eigenvalue weighted by Crippen LogP contribution is -2.34.